The zero-order valence-corrected chi connectivity index (χ0v) is 20.4. The minimum atomic E-state index is -0.194. The van der Waals surface area contributed by atoms with E-state index in [0.717, 1.165) is 41.6 Å². The van der Waals surface area contributed by atoms with E-state index in [1.165, 1.54) is 21.8 Å². The van der Waals surface area contributed by atoms with Gasteiger partial charge in [-0.25, -0.2) is 4.98 Å². The molecule has 2 aromatic carbocycles. The maximum Gasteiger partial charge on any atom is 0.235 e. The van der Waals surface area contributed by atoms with E-state index in [-0.39, 0.29) is 42.5 Å². The summed E-state index contributed by atoms with van der Waals surface area (Å²) in [5.74, 6) is -0.380. The van der Waals surface area contributed by atoms with E-state index in [0.29, 0.717) is 11.0 Å². The molecule has 2 heterocycles. The fourth-order valence-corrected chi connectivity index (χ4v) is 6.10. The van der Waals surface area contributed by atoms with Crippen LogP contribution in [-0.2, 0) is 14.4 Å². The fourth-order valence-electron chi connectivity index (χ4n) is 5.10. The van der Waals surface area contributed by atoms with Gasteiger partial charge in [0.1, 0.15) is 0 Å². The van der Waals surface area contributed by atoms with Crippen molar-refractivity contribution in [1.82, 2.24) is 9.88 Å². The smallest absolute Gasteiger partial charge is 0.235 e. The number of hydrogen-bond donors (Lipinski definition) is 0. The van der Waals surface area contributed by atoms with E-state index < -0.39 is 0 Å². The highest BCUT2D eigenvalue weighted by Gasteiger charge is 2.48. The second kappa shape index (κ2) is 9.29. The van der Waals surface area contributed by atoms with Crippen LogP contribution in [0.15, 0.2) is 48.5 Å². The molecule has 0 unspecified atom stereocenters. The molecule has 3 aromatic rings. The van der Waals surface area contributed by atoms with Crippen LogP contribution >= 0.6 is 11.3 Å². The SMILES string of the molecule is CC(C)c1ccc(N(C(=O)CCN2C(=O)[C@H]3CCCC[C@@H]3C2=O)c2nc3ccccc3s2)cc1. The minimum Gasteiger partial charge on any atom is -0.282 e. The van der Waals surface area contributed by atoms with Gasteiger partial charge in [0, 0.05) is 13.0 Å². The van der Waals surface area contributed by atoms with Crippen LogP contribution in [-0.4, -0.2) is 34.2 Å². The maximum atomic E-state index is 13.6. The predicted octanol–water partition coefficient (Wildman–Crippen LogP) is 5.65. The van der Waals surface area contributed by atoms with Gasteiger partial charge >= 0.3 is 0 Å². The highest BCUT2D eigenvalue weighted by Crippen LogP contribution is 2.39. The highest BCUT2D eigenvalue weighted by molar-refractivity contribution is 7.22. The van der Waals surface area contributed by atoms with Crippen molar-refractivity contribution in [1.29, 1.82) is 0 Å². The minimum absolute atomic E-state index is 0.0682. The maximum absolute atomic E-state index is 13.6. The van der Waals surface area contributed by atoms with Crippen LogP contribution < -0.4 is 4.90 Å². The third-order valence-corrected chi connectivity index (χ3v) is 8.04. The van der Waals surface area contributed by atoms with Crippen LogP contribution in [0.1, 0.15) is 57.4 Å². The van der Waals surface area contributed by atoms with Gasteiger partial charge in [0.15, 0.2) is 5.13 Å². The number of fused-ring (bicyclic) bond motifs is 2. The standard InChI is InChI=1S/C27H29N3O3S/c1-17(2)18-11-13-19(14-12-18)30(27-28-22-9-5-6-10-23(22)34-27)24(31)15-16-29-25(32)20-7-3-4-8-21(20)26(29)33/h5-6,9-14,17,20-21H,3-4,7-8,15-16H2,1-2H3/t20-,21-/m0/s1. The molecule has 34 heavy (non-hydrogen) atoms. The molecular formula is C27H29N3O3S. The second-order valence-corrected chi connectivity index (χ2v) is 10.5. The van der Waals surface area contributed by atoms with E-state index >= 15 is 0 Å². The van der Waals surface area contributed by atoms with Gasteiger partial charge in [-0.15, -0.1) is 0 Å². The number of hydrogen-bond acceptors (Lipinski definition) is 5. The third kappa shape index (κ3) is 4.13. The van der Waals surface area contributed by atoms with Crippen molar-refractivity contribution in [2.75, 3.05) is 11.4 Å². The lowest BCUT2D eigenvalue weighted by atomic mass is 9.81. The number of imide groups is 1. The molecule has 2 atom stereocenters. The lowest BCUT2D eigenvalue weighted by Crippen LogP contribution is -2.36. The number of carbonyl (C=O) groups excluding carboxylic acids is 3. The van der Waals surface area contributed by atoms with Crippen LogP contribution in [0, 0.1) is 11.8 Å². The summed E-state index contributed by atoms with van der Waals surface area (Å²) >= 11 is 1.46. The Balaban J connectivity index is 1.41. The number of benzene rings is 2. The Labute approximate surface area is 203 Å². The van der Waals surface area contributed by atoms with Gasteiger partial charge < -0.3 is 0 Å². The molecule has 0 N–H and O–H groups in total. The van der Waals surface area contributed by atoms with Crippen molar-refractivity contribution in [3.8, 4) is 0 Å². The van der Waals surface area contributed by atoms with Gasteiger partial charge in [0.05, 0.1) is 27.7 Å². The molecule has 2 aliphatic rings. The van der Waals surface area contributed by atoms with E-state index in [1.807, 2.05) is 48.5 Å². The third-order valence-electron chi connectivity index (χ3n) is 7.02. The molecule has 0 bridgehead atoms. The molecule has 3 amide bonds. The number of nitrogens with zero attached hydrogens (tertiary/aromatic N) is 3. The number of rotatable bonds is 6. The van der Waals surface area contributed by atoms with Crippen molar-refractivity contribution >= 4 is 50.1 Å². The number of carbonyl (C=O) groups is 3. The normalized spacial score (nSPS) is 20.3. The van der Waals surface area contributed by atoms with E-state index in [1.54, 1.807) is 4.90 Å². The van der Waals surface area contributed by atoms with Crippen molar-refractivity contribution in [3.05, 3.63) is 54.1 Å². The first-order chi connectivity index (χ1) is 16.4. The van der Waals surface area contributed by atoms with Crippen LogP contribution in [0.4, 0.5) is 10.8 Å². The Morgan fingerprint density at radius 1 is 1.03 bits per heavy atom. The van der Waals surface area contributed by atoms with Crippen molar-refractivity contribution in [2.45, 2.75) is 51.9 Å². The second-order valence-electron chi connectivity index (χ2n) is 9.52. The van der Waals surface area contributed by atoms with Crippen LogP contribution in [0.2, 0.25) is 0 Å². The molecular weight excluding hydrogens is 446 g/mol. The van der Waals surface area contributed by atoms with E-state index in [4.69, 9.17) is 4.98 Å². The molecule has 1 saturated carbocycles. The largest absolute Gasteiger partial charge is 0.282 e. The highest BCUT2D eigenvalue weighted by atomic mass is 32.1. The first-order valence-corrected chi connectivity index (χ1v) is 12.9. The topological polar surface area (TPSA) is 70.6 Å². The first-order valence-electron chi connectivity index (χ1n) is 12.1. The van der Waals surface area contributed by atoms with E-state index in [2.05, 4.69) is 13.8 Å². The molecule has 2 fully saturated rings. The Bertz CT molecular complexity index is 1180. The van der Waals surface area contributed by atoms with Gasteiger partial charge in [-0.3, -0.25) is 24.2 Å². The molecule has 6 nitrogen and oxygen atoms in total. The molecule has 5 rings (SSSR count). The molecule has 176 valence electrons. The number of thiazole rings is 1. The summed E-state index contributed by atoms with van der Waals surface area (Å²) in [6, 6.07) is 15.8. The van der Waals surface area contributed by atoms with Crippen LogP contribution in [0.3, 0.4) is 0 Å². The molecule has 1 aliphatic carbocycles. The summed E-state index contributed by atoms with van der Waals surface area (Å²) in [6.07, 6.45) is 3.60. The summed E-state index contributed by atoms with van der Waals surface area (Å²) in [6.45, 7) is 4.38. The molecule has 0 spiro atoms. The summed E-state index contributed by atoms with van der Waals surface area (Å²) < 4.78 is 1.00. The zero-order valence-electron chi connectivity index (χ0n) is 19.6. The van der Waals surface area contributed by atoms with E-state index in [9.17, 15) is 14.4 Å². The molecule has 1 aromatic heterocycles. The summed E-state index contributed by atoms with van der Waals surface area (Å²) in [5.41, 5.74) is 2.77. The molecule has 0 radical (unpaired) electrons. The zero-order chi connectivity index (χ0) is 23.8. The number of likely N-dealkylation sites (tertiary alicyclic amines) is 1. The number of anilines is 2. The molecule has 1 aliphatic heterocycles. The monoisotopic (exact) mass is 475 g/mol. The lowest BCUT2D eigenvalue weighted by molar-refractivity contribution is -0.140. The average molecular weight is 476 g/mol. The van der Waals surface area contributed by atoms with Gasteiger partial charge in [0.2, 0.25) is 17.7 Å². The quantitative estimate of drug-likeness (QED) is 0.432. The van der Waals surface area contributed by atoms with Gasteiger partial charge in [0.25, 0.3) is 0 Å². The van der Waals surface area contributed by atoms with Crippen molar-refractivity contribution in [3.63, 3.8) is 0 Å². The number of amides is 3. The summed E-state index contributed by atoms with van der Waals surface area (Å²) in [5, 5.41) is 0.594. The van der Waals surface area contributed by atoms with Crippen LogP contribution in [0.5, 0.6) is 0 Å². The molecule has 1 saturated heterocycles. The van der Waals surface area contributed by atoms with Gasteiger partial charge in [-0.1, -0.05) is 62.3 Å². The fraction of sp³-hybridized carbons (Fsp3) is 0.407. The van der Waals surface area contributed by atoms with Crippen LogP contribution in [0.25, 0.3) is 10.2 Å². The predicted molar refractivity (Wildman–Crippen MR) is 134 cm³/mol. The first kappa shape index (κ1) is 22.7. The Hall–Kier alpha value is -3.06. The number of para-hydroxylation sites is 1. The van der Waals surface area contributed by atoms with Crippen molar-refractivity contribution in [2.24, 2.45) is 11.8 Å². The van der Waals surface area contributed by atoms with Gasteiger partial charge in [-0.2, -0.15) is 0 Å². The van der Waals surface area contributed by atoms with Crippen molar-refractivity contribution < 1.29 is 14.4 Å². The average Bonchev–Trinajstić information content (AvgIpc) is 3.37. The Morgan fingerprint density at radius 2 is 1.68 bits per heavy atom. The molecule has 7 heteroatoms. The number of aromatic nitrogens is 1. The summed E-state index contributed by atoms with van der Waals surface area (Å²) in [4.78, 5) is 47.0. The summed E-state index contributed by atoms with van der Waals surface area (Å²) in [7, 11) is 0. The lowest BCUT2D eigenvalue weighted by Gasteiger charge is -2.22. The Morgan fingerprint density at radius 3 is 2.29 bits per heavy atom. The van der Waals surface area contributed by atoms with Gasteiger partial charge in [-0.05, 0) is 48.6 Å². The Kier molecular flexibility index (Phi) is 6.21.